The van der Waals surface area contributed by atoms with Crippen LogP contribution in [0.4, 0.5) is 5.82 Å². The van der Waals surface area contributed by atoms with Crippen molar-refractivity contribution in [3.63, 3.8) is 0 Å². The minimum absolute atomic E-state index is 0. The minimum Gasteiger partial charge on any atom is -0.370 e. The molecule has 1 saturated carbocycles. The van der Waals surface area contributed by atoms with Gasteiger partial charge in [-0.3, -0.25) is 4.99 Å². The van der Waals surface area contributed by atoms with E-state index >= 15 is 0 Å². The fraction of sp³-hybridized carbons (Fsp3) is 0.600. The topological polar surface area (TPSA) is 66.5 Å². The Morgan fingerprint density at radius 2 is 2.05 bits per heavy atom. The molecule has 0 unspecified atom stereocenters. The van der Waals surface area contributed by atoms with Crippen molar-refractivity contribution in [2.24, 2.45) is 10.7 Å². The third kappa shape index (κ3) is 5.10. The van der Waals surface area contributed by atoms with Crippen molar-refractivity contribution in [1.82, 2.24) is 9.88 Å². The van der Waals surface area contributed by atoms with E-state index in [9.17, 15) is 0 Å². The first kappa shape index (κ1) is 18.2. The Labute approximate surface area is 144 Å². The highest BCUT2D eigenvalue weighted by Gasteiger charge is 2.33. The Morgan fingerprint density at radius 3 is 2.62 bits per heavy atom. The molecular weight excluding hydrogens is 377 g/mol. The predicted octanol–water partition coefficient (Wildman–Crippen LogP) is 2.69. The molecule has 0 bridgehead atoms. The molecule has 0 atom stereocenters. The number of nitrogens with one attached hydrogen (secondary N) is 1. The van der Waals surface area contributed by atoms with Crippen LogP contribution in [0.3, 0.4) is 0 Å². The molecule has 21 heavy (non-hydrogen) atoms. The molecule has 1 aromatic heterocycles. The van der Waals surface area contributed by atoms with E-state index in [1.54, 1.807) is 6.20 Å². The van der Waals surface area contributed by atoms with Gasteiger partial charge in [-0.2, -0.15) is 0 Å². The number of aliphatic imine (C=N–C) groups is 1. The minimum atomic E-state index is 0. The lowest BCUT2D eigenvalue weighted by Crippen LogP contribution is -2.49. The van der Waals surface area contributed by atoms with Crippen LogP contribution in [-0.4, -0.2) is 42.0 Å². The van der Waals surface area contributed by atoms with Crippen molar-refractivity contribution in [3.8, 4) is 0 Å². The summed E-state index contributed by atoms with van der Waals surface area (Å²) in [6.07, 6.45) is 8.02. The summed E-state index contributed by atoms with van der Waals surface area (Å²) >= 11 is 0. The fourth-order valence-corrected chi connectivity index (χ4v) is 2.80. The quantitative estimate of drug-likeness (QED) is 0.461. The Kier molecular flexibility index (Phi) is 7.37. The molecule has 1 aliphatic carbocycles. The summed E-state index contributed by atoms with van der Waals surface area (Å²) in [5.74, 6) is 1.17. The van der Waals surface area contributed by atoms with E-state index in [2.05, 4.69) is 34.3 Å². The number of aromatic nitrogens is 1. The van der Waals surface area contributed by atoms with Crippen LogP contribution in [0.25, 0.3) is 0 Å². The Morgan fingerprint density at radius 1 is 1.33 bits per heavy atom. The lowest BCUT2D eigenvalue weighted by atomic mass is 9.81. The van der Waals surface area contributed by atoms with Gasteiger partial charge in [0.05, 0.1) is 6.54 Å². The van der Waals surface area contributed by atoms with Crippen molar-refractivity contribution < 1.29 is 0 Å². The normalized spacial score (nSPS) is 18.1. The Bertz CT molecular complexity index is 441. The molecule has 1 aliphatic rings. The van der Waals surface area contributed by atoms with E-state index in [-0.39, 0.29) is 29.5 Å². The number of nitrogens with zero attached hydrogens (tertiary/aromatic N) is 3. The summed E-state index contributed by atoms with van der Waals surface area (Å²) in [7, 11) is 4.28. The van der Waals surface area contributed by atoms with Crippen LogP contribution in [0, 0.1) is 0 Å². The predicted molar refractivity (Wildman–Crippen MR) is 99.3 cm³/mol. The smallest absolute Gasteiger partial charge is 0.194 e. The van der Waals surface area contributed by atoms with Crippen LogP contribution < -0.4 is 11.1 Å². The zero-order chi connectivity index (χ0) is 14.4. The van der Waals surface area contributed by atoms with Gasteiger partial charge in [0, 0.05) is 11.7 Å². The maximum atomic E-state index is 5.96. The first-order valence-electron chi connectivity index (χ1n) is 7.28. The van der Waals surface area contributed by atoms with Crippen molar-refractivity contribution in [2.45, 2.75) is 37.6 Å². The van der Waals surface area contributed by atoms with Gasteiger partial charge in [-0.05, 0) is 39.1 Å². The largest absolute Gasteiger partial charge is 0.370 e. The van der Waals surface area contributed by atoms with E-state index in [1.807, 2.05) is 18.2 Å². The molecule has 3 N–H and O–H groups in total. The first-order valence-corrected chi connectivity index (χ1v) is 7.28. The monoisotopic (exact) mass is 403 g/mol. The number of halogens is 1. The van der Waals surface area contributed by atoms with E-state index in [4.69, 9.17) is 5.73 Å². The molecule has 0 amide bonds. The molecule has 2 rings (SSSR count). The summed E-state index contributed by atoms with van der Waals surface area (Å²) < 4.78 is 0. The average molecular weight is 403 g/mol. The van der Waals surface area contributed by atoms with Gasteiger partial charge in [0.15, 0.2) is 5.96 Å². The van der Waals surface area contributed by atoms with Gasteiger partial charge in [0.1, 0.15) is 5.82 Å². The summed E-state index contributed by atoms with van der Waals surface area (Å²) in [4.78, 5) is 11.0. The molecule has 1 heterocycles. The number of likely N-dealkylation sites (N-methyl/N-ethyl adjacent to an activating group) is 1. The molecule has 0 aliphatic heterocycles. The van der Waals surface area contributed by atoms with Gasteiger partial charge in [-0.1, -0.05) is 25.3 Å². The molecule has 5 nitrogen and oxygen atoms in total. The van der Waals surface area contributed by atoms with Gasteiger partial charge in [0.2, 0.25) is 0 Å². The van der Waals surface area contributed by atoms with E-state index in [0.717, 1.165) is 12.4 Å². The zero-order valence-corrected chi connectivity index (χ0v) is 15.2. The van der Waals surface area contributed by atoms with E-state index in [0.29, 0.717) is 5.96 Å². The van der Waals surface area contributed by atoms with Gasteiger partial charge >= 0.3 is 0 Å². The maximum absolute atomic E-state index is 5.96. The highest BCUT2D eigenvalue weighted by molar-refractivity contribution is 14.0. The first-order chi connectivity index (χ1) is 9.62. The number of pyridine rings is 1. The highest BCUT2D eigenvalue weighted by atomic mass is 127. The number of hydrogen-bond acceptors (Lipinski definition) is 3. The van der Waals surface area contributed by atoms with E-state index in [1.165, 1.54) is 32.1 Å². The van der Waals surface area contributed by atoms with Crippen LogP contribution in [0.5, 0.6) is 0 Å². The fourth-order valence-electron chi connectivity index (χ4n) is 2.80. The second-order valence-electron chi connectivity index (χ2n) is 5.72. The molecule has 0 radical (unpaired) electrons. The summed E-state index contributed by atoms with van der Waals surface area (Å²) in [6, 6.07) is 5.68. The molecule has 118 valence electrons. The van der Waals surface area contributed by atoms with Crippen LogP contribution >= 0.6 is 24.0 Å². The average Bonchev–Trinajstić information content (AvgIpc) is 2.47. The van der Waals surface area contributed by atoms with Gasteiger partial charge in [0.25, 0.3) is 0 Å². The van der Waals surface area contributed by atoms with Gasteiger partial charge in [-0.25, -0.2) is 4.98 Å². The zero-order valence-electron chi connectivity index (χ0n) is 12.9. The maximum Gasteiger partial charge on any atom is 0.194 e. The number of hydrogen-bond donors (Lipinski definition) is 2. The molecular formula is C15H26IN5. The van der Waals surface area contributed by atoms with Crippen LogP contribution in [0.2, 0.25) is 0 Å². The third-order valence-corrected chi connectivity index (χ3v) is 4.20. The summed E-state index contributed by atoms with van der Waals surface area (Å²) in [5, 5.41) is 3.04. The third-order valence-electron chi connectivity index (χ3n) is 4.20. The summed E-state index contributed by atoms with van der Waals surface area (Å²) in [5.41, 5.74) is 6.12. The molecule has 1 aromatic rings. The lowest BCUT2D eigenvalue weighted by Gasteiger charge is -2.42. The SMILES string of the molecule is CN(C)C1(CN=C(N)Nc2ccccn2)CCCCC1.I. The Hall–Kier alpha value is -0.890. The molecule has 6 heteroatoms. The number of rotatable bonds is 4. The molecule has 0 spiro atoms. The molecule has 0 saturated heterocycles. The standard InChI is InChI=1S/C15H25N5.HI/c1-20(2)15(9-5-3-6-10-15)12-18-14(16)19-13-8-4-7-11-17-13;/h4,7-8,11H,3,5-6,9-10,12H2,1-2H3,(H3,16,17,18,19);1H. The van der Waals surface area contributed by atoms with Gasteiger partial charge in [-0.15, -0.1) is 24.0 Å². The summed E-state index contributed by atoms with van der Waals surface area (Å²) in [6.45, 7) is 0.742. The van der Waals surface area contributed by atoms with Crippen molar-refractivity contribution >= 4 is 35.8 Å². The van der Waals surface area contributed by atoms with Crippen molar-refractivity contribution in [1.29, 1.82) is 0 Å². The molecule has 1 fully saturated rings. The van der Waals surface area contributed by atoms with Crippen LogP contribution in [0.15, 0.2) is 29.4 Å². The lowest BCUT2D eigenvalue weighted by molar-refractivity contribution is 0.109. The van der Waals surface area contributed by atoms with E-state index < -0.39 is 0 Å². The number of anilines is 1. The number of guanidine groups is 1. The van der Waals surface area contributed by atoms with Crippen molar-refractivity contribution in [2.75, 3.05) is 26.0 Å². The van der Waals surface area contributed by atoms with Crippen molar-refractivity contribution in [3.05, 3.63) is 24.4 Å². The van der Waals surface area contributed by atoms with Crippen LogP contribution in [0.1, 0.15) is 32.1 Å². The molecule has 0 aromatic carbocycles. The van der Waals surface area contributed by atoms with Crippen LogP contribution in [-0.2, 0) is 0 Å². The van der Waals surface area contributed by atoms with Gasteiger partial charge < -0.3 is 16.0 Å². The second kappa shape index (κ2) is 8.53. The number of nitrogens with two attached hydrogens (primary N) is 1. The highest BCUT2D eigenvalue weighted by Crippen LogP contribution is 2.32. The second-order valence-corrected chi connectivity index (χ2v) is 5.72. The Balaban J connectivity index is 0.00000220.